The van der Waals surface area contributed by atoms with Crippen molar-refractivity contribution in [1.82, 2.24) is 0 Å². The summed E-state index contributed by atoms with van der Waals surface area (Å²) in [4.78, 5) is 0. The summed E-state index contributed by atoms with van der Waals surface area (Å²) in [6, 6.07) is 24.1. The summed E-state index contributed by atoms with van der Waals surface area (Å²) in [5.41, 5.74) is 2.91. The first-order chi connectivity index (χ1) is 13.9. The molecule has 0 aliphatic carbocycles. The Hall–Kier alpha value is -2.63. The van der Waals surface area contributed by atoms with Crippen LogP contribution in [0.15, 0.2) is 78.9 Å². The Labute approximate surface area is 172 Å². The molecule has 0 saturated heterocycles. The van der Waals surface area contributed by atoms with Crippen molar-refractivity contribution in [2.24, 2.45) is 0 Å². The van der Waals surface area contributed by atoms with Crippen LogP contribution in [0.3, 0.4) is 0 Å². The quantitative estimate of drug-likeness (QED) is 0.568. The number of hydrogen-bond donors (Lipinski definition) is 1. The zero-order valence-electron chi connectivity index (χ0n) is 16.7. The van der Waals surface area contributed by atoms with E-state index in [0.717, 1.165) is 5.56 Å². The molecule has 29 heavy (non-hydrogen) atoms. The maximum absolute atomic E-state index is 13.2. The van der Waals surface area contributed by atoms with Gasteiger partial charge in [-0.05, 0) is 36.6 Å². The van der Waals surface area contributed by atoms with Crippen LogP contribution in [0.2, 0.25) is 0 Å². The number of ether oxygens (including phenoxy) is 1. The lowest BCUT2D eigenvalue weighted by atomic mass is 10.1. The third-order valence-corrected chi connectivity index (χ3v) is 7.04. The fourth-order valence-electron chi connectivity index (χ4n) is 3.29. The monoisotopic (exact) mass is 410 g/mol. The van der Waals surface area contributed by atoms with E-state index < -0.39 is 21.2 Å². The normalized spacial score (nSPS) is 13.6. The fourth-order valence-corrected chi connectivity index (χ4v) is 4.82. The molecular formula is C24H26O4S. The molecule has 1 N–H and O–H groups in total. The van der Waals surface area contributed by atoms with Gasteiger partial charge in [0.15, 0.2) is 9.84 Å². The molecule has 0 radical (unpaired) electrons. The van der Waals surface area contributed by atoms with Crippen LogP contribution in [-0.2, 0) is 22.2 Å². The van der Waals surface area contributed by atoms with Crippen molar-refractivity contribution in [3.8, 4) is 5.75 Å². The van der Waals surface area contributed by atoms with Gasteiger partial charge in [-0.2, -0.15) is 0 Å². The molecule has 0 aliphatic rings. The van der Waals surface area contributed by atoms with Gasteiger partial charge in [0.2, 0.25) is 0 Å². The number of para-hydroxylation sites is 1. The van der Waals surface area contributed by atoms with E-state index in [9.17, 15) is 13.5 Å². The molecule has 0 aromatic heterocycles. The minimum atomic E-state index is -3.52. The molecule has 0 heterocycles. The molecule has 0 fully saturated rings. The molecule has 4 nitrogen and oxygen atoms in total. The number of aliphatic hydroxyl groups is 1. The molecule has 5 heteroatoms. The molecule has 0 spiro atoms. The lowest BCUT2D eigenvalue weighted by Gasteiger charge is -2.19. The number of benzene rings is 3. The summed E-state index contributed by atoms with van der Waals surface area (Å²) < 4.78 is 32.3. The highest BCUT2D eigenvalue weighted by Crippen LogP contribution is 2.33. The second kappa shape index (κ2) is 9.25. The lowest BCUT2D eigenvalue weighted by molar-refractivity contribution is 0.198. The molecule has 3 aromatic rings. The van der Waals surface area contributed by atoms with E-state index >= 15 is 0 Å². The predicted molar refractivity (Wildman–Crippen MR) is 115 cm³/mol. The van der Waals surface area contributed by atoms with E-state index in [1.807, 2.05) is 42.5 Å². The molecule has 3 aromatic carbocycles. The highest BCUT2D eigenvalue weighted by atomic mass is 32.2. The fraction of sp³-hybridized carbons (Fsp3) is 0.250. The van der Waals surface area contributed by atoms with Gasteiger partial charge in [-0.3, -0.25) is 0 Å². The molecule has 3 rings (SSSR count). The maximum atomic E-state index is 13.2. The molecule has 2 unspecified atom stereocenters. The highest BCUT2D eigenvalue weighted by Gasteiger charge is 2.27. The van der Waals surface area contributed by atoms with Gasteiger partial charge in [0.05, 0.1) is 17.1 Å². The van der Waals surface area contributed by atoms with Gasteiger partial charge >= 0.3 is 0 Å². The summed E-state index contributed by atoms with van der Waals surface area (Å²) in [6.07, 6.45) is -0.724. The Morgan fingerprint density at radius 1 is 0.828 bits per heavy atom. The van der Waals surface area contributed by atoms with Crippen molar-refractivity contribution >= 4 is 9.84 Å². The standard InChI is InChI=1S/C24H26O4S/c1-18(25)22-13-7-6-12-21(22)17-29(26,27)19(2)23-14-8-9-15-24(23)28-16-20-10-4-3-5-11-20/h3-15,18-19,25H,16-17H2,1-2H3. The second-order valence-corrected chi connectivity index (χ2v) is 9.46. The molecule has 0 aliphatic heterocycles. The smallest absolute Gasteiger partial charge is 0.161 e. The van der Waals surface area contributed by atoms with Gasteiger partial charge in [-0.15, -0.1) is 0 Å². The Bertz CT molecular complexity index is 1040. The molecule has 0 saturated carbocycles. The topological polar surface area (TPSA) is 63.6 Å². The van der Waals surface area contributed by atoms with Gasteiger partial charge in [0, 0.05) is 5.56 Å². The zero-order chi connectivity index (χ0) is 20.9. The van der Waals surface area contributed by atoms with Crippen molar-refractivity contribution in [2.75, 3.05) is 0 Å². The first kappa shape index (κ1) is 21.1. The van der Waals surface area contributed by atoms with Crippen LogP contribution in [-0.4, -0.2) is 13.5 Å². The summed E-state index contributed by atoms with van der Waals surface area (Å²) in [5, 5.41) is 9.23. The number of hydrogen-bond acceptors (Lipinski definition) is 4. The SMILES string of the molecule is CC(O)c1ccccc1CS(=O)(=O)C(C)c1ccccc1OCc1ccccc1. The third kappa shape index (κ3) is 5.25. The van der Waals surface area contributed by atoms with E-state index in [1.54, 1.807) is 50.2 Å². The third-order valence-electron chi connectivity index (χ3n) is 4.99. The van der Waals surface area contributed by atoms with E-state index in [1.165, 1.54) is 0 Å². The number of sulfone groups is 1. The van der Waals surface area contributed by atoms with Gasteiger partial charge in [0.1, 0.15) is 12.4 Å². The first-order valence-corrected chi connectivity index (χ1v) is 11.3. The van der Waals surface area contributed by atoms with E-state index in [-0.39, 0.29) is 5.75 Å². The largest absolute Gasteiger partial charge is 0.489 e. The van der Waals surface area contributed by atoms with Crippen molar-refractivity contribution in [2.45, 2.75) is 37.6 Å². The van der Waals surface area contributed by atoms with Crippen molar-refractivity contribution in [3.05, 3.63) is 101 Å². The van der Waals surface area contributed by atoms with Gasteiger partial charge in [0.25, 0.3) is 0 Å². The average Bonchev–Trinajstić information content (AvgIpc) is 2.72. The molecule has 0 bridgehead atoms. The summed E-state index contributed by atoms with van der Waals surface area (Å²) in [6.45, 7) is 3.70. The summed E-state index contributed by atoms with van der Waals surface area (Å²) in [7, 11) is -3.52. The lowest BCUT2D eigenvalue weighted by Crippen LogP contribution is -2.15. The molecule has 2 atom stereocenters. The Kier molecular flexibility index (Phi) is 6.72. The van der Waals surface area contributed by atoms with E-state index in [4.69, 9.17) is 4.74 Å². The minimum absolute atomic E-state index is 0.137. The van der Waals surface area contributed by atoms with Crippen LogP contribution >= 0.6 is 0 Å². The van der Waals surface area contributed by atoms with Crippen molar-refractivity contribution < 1.29 is 18.3 Å². The summed E-state index contributed by atoms with van der Waals surface area (Å²) >= 11 is 0. The Morgan fingerprint density at radius 3 is 2.10 bits per heavy atom. The Morgan fingerprint density at radius 2 is 1.41 bits per heavy atom. The highest BCUT2D eigenvalue weighted by molar-refractivity contribution is 7.90. The zero-order valence-corrected chi connectivity index (χ0v) is 17.5. The summed E-state index contributed by atoms with van der Waals surface area (Å²) in [5.74, 6) is 0.429. The number of aliphatic hydroxyl groups excluding tert-OH is 1. The first-order valence-electron chi connectivity index (χ1n) is 9.61. The molecule has 152 valence electrons. The van der Waals surface area contributed by atoms with Gasteiger partial charge < -0.3 is 9.84 Å². The van der Waals surface area contributed by atoms with Crippen LogP contribution in [0.1, 0.15) is 47.5 Å². The second-order valence-electron chi connectivity index (χ2n) is 7.14. The van der Waals surface area contributed by atoms with Crippen LogP contribution in [0.5, 0.6) is 5.75 Å². The van der Waals surface area contributed by atoms with Crippen LogP contribution in [0.4, 0.5) is 0 Å². The minimum Gasteiger partial charge on any atom is -0.489 e. The van der Waals surface area contributed by atoms with Crippen LogP contribution in [0.25, 0.3) is 0 Å². The van der Waals surface area contributed by atoms with Crippen LogP contribution in [0, 0.1) is 0 Å². The van der Waals surface area contributed by atoms with Gasteiger partial charge in [-0.25, -0.2) is 8.42 Å². The van der Waals surface area contributed by atoms with Crippen molar-refractivity contribution in [3.63, 3.8) is 0 Å². The van der Waals surface area contributed by atoms with Crippen molar-refractivity contribution in [1.29, 1.82) is 0 Å². The molecular weight excluding hydrogens is 384 g/mol. The Balaban J connectivity index is 1.83. The van der Waals surface area contributed by atoms with E-state index in [2.05, 4.69) is 0 Å². The molecule has 0 amide bonds. The average molecular weight is 411 g/mol. The van der Waals surface area contributed by atoms with E-state index in [0.29, 0.717) is 29.0 Å². The predicted octanol–water partition coefficient (Wildman–Crippen LogP) is 4.99. The maximum Gasteiger partial charge on any atom is 0.161 e. The van der Waals surface area contributed by atoms with Crippen LogP contribution < -0.4 is 4.74 Å². The van der Waals surface area contributed by atoms with Gasteiger partial charge in [-0.1, -0.05) is 72.8 Å². The number of rotatable bonds is 8.